The van der Waals surface area contributed by atoms with E-state index in [9.17, 15) is 23.1 Å². The van der Waals surface area contributed by atoms with Crippen molar-refractivity contribution in [1.82, 2.24) is 0 Å². The zero-order chi connectivity index (χ0) is 14.0. The third-order valence-corrected chi connectivity index (χ3v) is 2.53. The quantitative estimate of drug-likeness (QED) is 0.878. The molecule has 1 rings (SSSR count). The molecule has 1 aromatic carbocycles. The molecule has 0 unspecified atom stereocenters. The maximum absolute atomic E-state index is 12.4. The maximum atomic E-state index is 12.4. The SMILES string of the molecule is Cc1ccccc1NC(=O)C[C@@](C)(O)C(F)(F)F. The predicted octanol–water partition coefficient (Wildman–Crippen LogP) is 2.64. The lowest BCUT2D eigenvalue weighted by atomic mass is 10.0. The number of anilines is 1. The summed E-state index contributed by atoms with van der Waals surface area (Å²) in [6.07, 6.45) is -5.87. The number of nitrogens with one attached hydrogen (secondary N) is 1. The van der Waals surface area contributed by atoms with Gasteiger partial charge in [-0.25, -0.2) is 0 Å². The first-order chi connectivity index (χ1) is 8.13. The molecule has 0 aliphatic rings. The normalized spacial score (nSPS) is 15.0. The molecule has 0 heterocycles. The molecule has 0 aliphatic heterocycles. The minimum atomic E-state index is -4.84. The van der Waals surface area contributed by atoms with E-state index in [0.717, 1.165) is 5.56 Å². The van der Waals surface area contributed by atoms with Crippen LogP contribution in [0.5, 0.6) is 0 Å². The molecule has 0 fully saturated rings. The van der Waals surface area contributed by atoms with Crippen molar-refractivity contribution < 1.29 is 23.1 Å². The Hall–Kier alpha value is -1.56. The summed E-state index contributed by atoms with van der Waals surface area (Å²) in [7, 11) is 0. The Bertz CT molecular complexity index is 441. The molecule has 0 saturated carbocycles. The molecule has 1 aromatic rings. The second-order valence-corrected chi connectivity index (χ2v) is 4.31. The third kappa shape index (κ3) is 3.46. The smallest absolute Gasteiger partial charge is 0.380 e. The van der Waals surface area contributed by atoms with Gasteiger partial charge in [0, 0.05) is 5.69 Å². The number of halogens is 3. The number of aryl methyl sites for hydroxylation is 1. The molecule has 1 atom stereocenters. The molecule has 0 aromatic heterocycles. The first kappa shape index (κ1) is 14.5. The molecule has 3 nitrogen and oxygen atoms in total. The summed E-state index contributed by atoms with van der Waals surface area (Å²) in [6, 6.07) is 6.70. The standard InChI is InChI=1S/C12H14F3NO2/c1-8-5-3-4-6-9(8)16-10(17)7-11(2,18)12(13,14)15/h3-6,18H,7H2,1-2H3,(H,16,17)/t11-/m1/s1. The highest BCUT2D eigenvalue weighted by Gasteiger charge is 2.50. The lowest BCUT2D eigenvalue weighted by molar-refractivity contribution is -0.252. The molecule has 18 heavy (non-hydrogen) atoms. The Morgan fingerprint density at radius 3 is 2.39 bits per heavy atom. The van der Waals surface area contributed by atoms with Gasteiger partial charge in [-0.3, -0.25) is 4.79 Å². The molecule has 100 valence electrons. The molecule has 1 amide bonds. The van der Waals surface area contributed by atoms with Crippen LogP contribution in [0.1, 0.15) is 18.9 Å². The average Bonchev–Trinajstić information content (AvgIpc) is 2.19. The molecule has 0 aliphatic carbocycles. The van der Waals surface area contributed by atoms with Crippen molar-refractivity contribution in [2.75, 3.05) is 5.32 Å². The number of aliphatic hydroxyl groups is 1. The van der Waals surface area contributed by atoms with Gasteiger partial charge in [-0.2, -0.15) is 13.2 Å². The predicted molar refractivity (Wildman–Crippen MR) is 61.1 cm³/mol. The van der Waals surface area contributed by atoms with Crippen LogP contribution in [0.4, 0.5) is 18.9 Å². The molecule has 0 spiro atoms. The number of carbonyl (C=O) groups excluding carboxylic acids is 1. The van der Waals surface area contributed by atoms with Gasteiger partial charge < -0.3 is 10.4 Å². The van der Waals surface area contributed by atoms with Crippen molar-refractivity contribution in [2.24, 2.45) is 0 Å². The highest BCUT2D eigenvalue weighted by atomic mass is 19.4. The number of rotatable bonds is 3. The van der Waals surface area contributed by atoms with Crippen molar-refractivity contribution in [3.05, 3.63) is 29.8 Å². The fourth-order valence-corrected chi connectivity index (χ4v) is 1.32. The van der Waals surface area contributed by atoms with Crippen molar-refractivity contribution in [3.63, 3.8) is 0 Å². The van der Waals surface area contributed by atoms with E-state index in [4.69, 9.17) is 0 Å². The molecule has 0 saturated heterocycles. The first-order valence-corrected chi connectivity index (χ1v) is 5.28. The van der Waals surface area contributed by atoms with Gasteiger partial charge in [0.25, 0.3) is 0 Å². The first-order valence-electron chi connectivity index (χ1n) is 5.28. The Balaban J connectivity index is 2.72. The number of alkyl halides is 3. The summed E-state index contributed by atoms with van der Waals surface area (Å²) in [4.78, 5) is 11.5. The van der Waals surface area contributed by atoms with Gasteiger partial charge in [-0.1, -0.05) is 18.2 Å². The van der Waals surface area contributed by atoms with E-state index >= 15 is 0 Å². The van der Waals surface area contributed by atoms with Crippen LogP contribution < -0.4 is 5.32 Å². The largest absolute Gasteiger partial charge is 0.417 e. The molecule has 0 bridgehead atoms. The van der Waals surface area contributed by atoms with Gasteiger partial charge in [0.05, 0.1) is 6.42 Å². The Kier molecular flexibility index (Phi) is 4.01. The lowest BCUT2D eigenvalue weighted by Crippen LogP contribution is -2.44. The molecule has 2 N–H and O–H groups in total. The van der Waals surface area contributed by atoms with E-state index in [2.05, 4.69) is 5.32 Å². The van der Waals surface area contributed by atoms with Gasteiger partial charge >= 0.3 is 6.18 Å². The summed E-state index contributed by atoms with van der Waals surface area (Å²) in [5.41, 5.74) is -1.86. The Labute approximate surface area is 103 Å². The zero-order valence-electron chi connectivity index (χ0n) is 10.0. The van der Waals surface area contributed by atoms with E-state index in [-0.39, 0.29) is 0 Å². The zero-order valence-corrected chi connectivity index (χ0v) is 10.0. The Morgan fingerprint density at radius 2 is 1.89 bits per heavy atom. The number of hydrogen-bond acceptors (Lipinski definition) is 2. The average molecular weight is 261 g/mol. The summed E-state index contributed by atoms with van der Waals surface area (Å²) in [6.45, 7) is 2.29. The van der Waals surface area contributed by atoms with Gasteiger partial charge in [0.15, 0.2) is 5.60 Å². The minimum Gasteiger partial charge on any atom is -0.380 e. The monoisotopic (exact) mass is 261 g/mol. The highest BCUT2D eigenvalue weighted by Crippen LogP contribution is 2.32. The second kappa shape index (κ2) is 4.97. The van der Waals surface area contributed by atoms with E-state index in [1.165, 1.54) is 0 Å². The summed E-state index contributed by atoms with van der Waals surface area (Å²) >= 11 is 0. The molecular weight excluding hydrogens is 247 g/mol. The number of benzene rings is 1. The number of para-hydroxylation sites is 1. The lowest BCUT2D eigenvalue weighted by Gasteiger charge is -2.25. The van der Waals surface area contributed by atoms with E-state index < -0.39 is 24.1 Å². The van der Waals surface area contributed by atoms with Crippen molar-refractivity contribution in [1.29, 1.82) is 0 Å². The third-order valence-electron chi connectivity index (χ3n) is 2.53. The van der Waals surface area contributed by atoms with Crippen molar-refractivity contribution in [2.45, 2.75) is 32.0 Å². The van der Waals surface area contributed by atoms with Crippen LogP contribution in [0.3, 0.4) is 0 Å². The van der Waals surface area contributed by atoms with Crippen LogP contribution in [-0.4, -0.2) is 22.8 Å². The van der Waals surface area contributed by atoms with E-state index in [1.807, 2.05) is 0 Å². The van der Waals surface area contributed by atoms with Crippen LogP contribution in [0.25, 0.3) is 0 Å². The highest BCUT2D eigenvalue weighted by molar-refractivity contribution is 5.92. The fourth-order valence-electron chi connectivity index (χ4n) is 1.32. The minimum absolute atomic E-state index is 0.431. The van der Waals surface area contributed by atoms with Crippen LogP contribution in [0.2, 0.25) is 0 Å². The van der Waals surface area contributed by atoms with Crippen LogP contribution >= 0.6 is 0 Å². The van der Waals surface area contributed by atoms with E-state index in [0.29, 0.717) is 12.6 Å². The van der Waals surface area contributed by atoms with Crippen LogP contribution in [0.15, 0.2) is 24.3 Å². The fraction of sp³-hybridized carbons (Fsp3) is 0.417. The number of hydrogen-bond donors (Lipinski definition) is 2. The van der Waals surface area contributed by atoms with Gasteiger partial charge in [0.1, 0.15) is 0 Å². The van der Waals surface area contributed by atoms with Crippen LogP contribution in [0, 0.1) is 6.92 Å². The van der Waals surface area contributed by atoms with Crippen LogP contribution in [-0.2, 0) is 4.79 Å². The van der Waals surface area contributed by atoms with E-state index in [1.54, 1.807) is 31.2 Å². The second-order valence-electron chi connectivity index (χ2n) is 4.31. The summed E-state index contributed by atoms with van der Waals surface area (Å²) < 4.78 is 37.1. The van der Waals surface area contributed by atoms with Crippen molar-refractivity contribution in [3.8, 4) is 0 Å². The topological polar surface area (TPSA) is 49.3 Å². The summed E-state index contributed by atoms with van der Waals surface area (Å²) in [5.74, 6) is -0.883. The van der Waals surface area contributed by atoms with Gasteiger partial charge in [-0.15, -0.1) is 0 Å². The van der Waals surface area contributed by atoms with Gasteiger partial charge in [0.2, 0.25) is 5.91 Å². The van der Waals surface area contributed by atoms with Crippen molar-refractivity contribution >= 4 is 11.6 Å². The molecular formula is C12H14F3NO2. The van der Waals surface area contributed by atoms with Gasteiger partial charge in [-0.05, 0) is 25.5 Å². The maximum Gasteiger partial charge on any atom is 0.417 e. The Morgan fingerprint density at radius 1 is 1.33 bits per heavy atom. The number of amides is 1. The summed E-state index contributed by atoms with van der Waals surface area (Å²) in [5, 5.41) is 11.5. The number of carbonyl (C=O) groups is 1. The molecule has 0 radical (unpaired) electrons. The molecule has 6 heteroatoms.